The standard InChI is InChI=1S/C11H20N2O5/c1-2-18-8-4-3-5-13(6-8)11(17)12-9(7-14)10(15)16/h8-9,14H,2-7H2,1H3,(H,12,17)(H,15,16). The largest absolute Gasteiger partial charge is 0.480 e. The van der Waals surface area contributed by atoms with Crippen LogP contribution in [-0.4, -0.2) is 65.6 Å². The molecule has 0 aromatic carbocycles. The Bertz CT molecular complexity index is 295. The Morgan fingerprint density at radius 2 is 2.28 bits per heavy atom. The highest BCUT2D eigenvalue weighted by molar-refractivity contribution is 5.82. The van der Waals surface area contributed by atoms with E-state index in [-0.39, 0.29) is 6.10 Å². The van der Waals surface area contributed by atoms with Crippen molar-refractivity contribution in [3.05, 3.63) is 0 Å². The molecule has 1 fully saturated rings. The highest BCUT2D eigenvalue weighted by Gasteiger charge is 2.27. The Morgan fingerprint density at radius 1 is 1.56 bits per heavy atom. The number of aliphatic hydroxyl groups excluding tert-OH is 1. The van der Waals surface area contributed by atoms with Gasteiger partial charge in [-0.15, -0.1) is 0 Å². The van der Waals surface area contributed by atoms with Crippen molar-refractivity contribution in [3.63, 3.8) is 0 Å². The SMILES string of the molecule is CCOC1CCCN(C(=O)NC(CO)C(=O)O)C1. The summed E-state index contributed by atoms with van der Waals surface area (Å²) in [6, 6.07) is -1.73. The number of hydrogen-bond donors (Lipinski definition) is 3. The number of carboxylic acid groups (broad SMARTS) is 1. The lowest BCUT2D eigenvalue weighted by Crippen LogP contribution is -2.53. The quantitative estimate of drug-likeness (QED) is 0.627. The number of ether oxygens (including phenoxy) is 1. The minimum Gasteiger partial charge on any atom is -0.480 e. The van der Waals surface area contributed by atoms with Crippen LogP contribution in [0.4, 0.5) is 4.79 Å². The number of carbonyl (C=O) groups is 2. The van der Waals surface area contributed by atoms with Gasteiger partial charge in [-0.1, -0.05) is 0 Å². The van der Waals surface area contributed by atoms with Crippen molar-refractivity contribution in [1.29, 1.82) is 0 Å². The number of aliphatic hydroxyl groups is 1. The van der Waals surface area contributed by atoms with Gasteiger partial charge in [0.2, 0.25) is 0 Å². The maximum absolute atomic E-state index is 11.8. The average Bonchev–Trinajstić information content (AvgIpc) is 2.36. The number of nitrogens with one attached hydrogen (secondary N) is 1. The van der Waals surface area contributed by atoms with Gasteiger partial charge in [-0.05, 0) is 19.8 Å². The van der Waals surface area contributed by atoms with E-state index in [1.54, 1.807) is 0 Å². The fraction of sp³-hybridized carbons (Fsp3) is 0.818. The fourth-order valence-electron chi connectivity index (χ4n) is 1.92. The zero-order valence-corrected chi connectivity index (χ0v) is 10.5. The first kappa shape index (κ1) is 14.7. The van der Waals surface area contributed by atoms with Gasteiger partial charge in [0, 0.05) is 19.7 Å². The molecule has 0 saturated carbocycles. The summed E-state index contributed by atoms with van der Waals surface area (Å²) in [5.41, 5.74) is 0. The minimum absolute atomic E-state index is 0.00639. The lowest BCUT2D eigenvalue weighted by molar-refractivity contribution is -0.140. The highest BCUT2D eigenvalue weighted by Crippen LogP contribution is 2.13. The predicted molar refractivity (Wildman–Crippen MR) is 63.3 cm³/mol. The van der Waals surface area contributed by atoms with E-state index in [9.17, 15) is 9.59 Å². The second kappa shape index (κ2) is 7.17. The molecule has 1 rings (SSSR count). The Morgan fingerprint density at radius 3 is 2.83 bits per heavy atom. The molecule has 1 heterocycles. The van der Waals surface area contributed by atoms with Gasteiger partial charge < -0.3 is 25.2 Å². The monoisotopic (exact) mass is 260 g/mol. The summed E-state index contributed by atoms with van der Waals surface area (Å²) in [7, 11) is 0. The summed E-state index contributed by atoms with van der Waals surface area (Å²) in [4.78, 5) is 24.0. The third-order valence-electron chi connectivity index (χ3n) is 2.85. The topological polar surface area (TPSA) is 99.1 Å². The van der Waals surface area contributed by atoms with E-state index in [1.807, 2.05) is 6.92 Å². The molecule has 0 radical (unpaired) electrons. The van der Waals surface area contributed by atoms with Crippen LogP contribution in [0, 0.1) is 0 Å². The number of carbonyl (C=O) groups excluding carboxylic acids is 1. The normalized spacial score (nSPS) is 21.4. The molecular formula is C11H20N2O5. The molecule has 0 bridgehead atoms. The molecule has 18 heavy (non-hydrogen) atoms. The molecule has 2 atom stereocenters. The maximum Gasteiger partial charge on any atom is 0.328 e. The van der Waals surface area contributed by atoms with E-state index in [1.165, 1.54) is 4.90 Å². The Labute approximate surface area is 106 Å². The van der Waals surface area contributed by atoms with E-state index >= 15 is 0 Å². The Kier molecular flexibility index (Phi) is 5.87. The van der Waals surface area contributed by atoms with Crippen molar-refractivity contribution in [2.24, 2.45) is 0 Å². The molecule has 0 spiro atoms. The summed E-state index contributed by atoms with van der Waals surface area (Å²) in [5, 5.41) is 19.9. The molecule has 1 aliphatic heterocycles. The second-order valence-corrected chi connectivity index (χ2v) is 4.19. The van der Waals surface area contributed by atoms with Crippen molar-refractivity contribution in [3.8, 4) is 0 Å². The fourth-order valence-corrected chi connectivity index (χ4v) is 1.92. The van der Waals surface area contributed by atoms with Crippen LogP contribution in [0.3, 0.4) is 0 Å². The van der Waals surface area contributed by atoms with Crippen LogP contribution >= 0.6 is 0 Å². The summed E-state index contributed by atoms with van der Waals surface area (Å²) in [6.45, 7) is 2.90. The molecule has 104 valence electrons. The van der Waals surface area contributed by atoms with Crippen molar-refractivity contribution in [1.82, 2.24) is 10.2 Å². The lowest BCUT2D eigenvalue weighted by atomic mass is 10.1. The molecule has 1 saturated heterocycles. The molecule has 0 aliphatic carbocycles. The number of piperidine rings is 1. The molecule has 2 unspecified atom stereocenters. The van der Waals surface area contributed by atoms with E-state index < -0.39 is 24.6 Å². The number of carboxylic acids is 1. The first-order chi connectivity index (χ1) is 8.58. The molecule has 1 aliphatic rings. The van der Waals surface area contributed by atoms with Crippen molar-refractivity contribution >= 4 is 12.0 Å². The van der Waals surface area contributed by atoms with Crippen LogP contribution in [0.25, 0.3) is 0 Å². The minimum atomic E-state index is -1.26. The van der Waals surface area contributed by atoms with Gasteiger partial charge in [0.15, 0.2) is 6.04 Å². The highest BCUT2D eigenvalue weighted by atomic mass is 16.5. The Hall–Kier alpha value is -1.34. The predicted octanol–water partition coefficient (Wildman–Crippen LogP) is -0.358. The number of rotatable bonds is 5. The number of hydrogen-bond acceptors (Lipinski definition) is 4. The number of likely N-dealkylation sites (tertiary alicyclic amines) is 1. The van der Waals surface area contributed by atoms with Crippen LogP contribution in [0.15, 0.2) is 0 Å². The van der Waals surface area contributed by atoms with E-state index in [4.69, 9.17) is 14.9 Å². The van der Waals surface area contributed by atoms with Gasteiger partial charge in [0.05, 0.1) is 12.7 Å². The summed E-state index contributed by atoms with van der Waals surface area (Å²) >= 11 is 0. The van der Waals surface area contributed by atoms with E-state index in [0.717, 1.165) is 12.8 Å². The van der Waals surface area contributed by atoms with Crippen LogP contribution in [0.1, 0.15) is 19.8 Å². The molecular weight excluding hydrogens is 240 g/mol. The van der Waals surface area contributed by atoms with Gasteiger partial charge in [0.1, 0.15) is 0 Å². The third kappa shape index (κ3) is 4.15. The van der Waals surface area contributed by atoms with Gasteiger partial charge in [-0.25, -0.2) is 9.59 Å². The zero-order chi connectivity index (χ0) is 13.5. The number of aliphatic carboxylic acids is 1. The maximum atomic E-state index is 11.8. The van der Waals surface area contributed by atoms with E-state index in [2.05, 4.69) is 5.32 Å². The zero-order valence-electron chi connectivity index (χ0n) is 10.5. The van der Waals surface area contributed by atoms with Gasteiger partial charge >= 0.3 is 12.0 Å². The number of urea groups is 1. The summed E-state index contributed by atoms with van der Waals surface area (Å²) < 4.78 is 5.45. The first-order valence-electron chi connectivity index (χ1n) is 6.09. The molecule has 0 aromatic rings. The van der Waals surface area contributed by atoms with Crippen LogP contribution in [-0.2, 0) is 9.53 Å². The third-order valence-corrected chi connectivity index (χ3v) is 2.85. The Balaban J connectivity index is 2.47. The van der Waals surface area contributed by atoms with Crippen molar-refractivity contribution < 1.29 is 24.5 Å². The van der Waals surface area contributed by atoms with Crippen molar-refractivity contribution in [2.75, 3.05) is 26.3 Å². The molecule has 7 heteroatoms. The number of amides is 2. The van der Waals surface area contributed by atoms with Gasteiger partial charge in [-0.3, -0.25) is 0 Å². The first-order valence-corrected chi connectivity index (χ1v) is 6.09. The average molecular weight is 260 g/mol. The second-order valence-electron chi connectivity index (χ2n) is 4.19. The van der Waals surface area contributed by atoms with Crippen LogP contribution in [0.5, 0.6) is 0 Å². The van der Waals surface area contributed by atoms with Crippen molar-refractivity contribution in [2.45, 2.75) is 31.9 Å². The summed E-state index contributed by atoms with van der Waals surface area (Å²) in [6.07, 6.45) is 1.74. The molecule has 2 amide bonds. The smallest absolute Gasteiger partial charge is 0.328 e. The van der Waals surface area contributed by atoms with Crippen LogP contribution in [0.2, 0.25) is 0 Å². The van der Waals surface area contributed by atoms with E-state index in [0.29, 0.717) is 19.7 Å². The molecule has 7 nitrogen and oxygen atoms in total. The van der Waals surface area contributed by atoms with Gasteiger partial charge in [0.25, 0.3) is 0 Å². The molecule has 0 aromatic heterocycles. The summed E-state index contributed by atoms with van der Waals surface area (Å²) in [5.74, 6) is -1.25. The lowest BCUT2D eigenvalue weighted by Gasteiger charge is -2.33. The number of nitrogens with zero attached hydrogens (tertiary/aromatic N) is 1. The van der Waals surface area contributed by atoms with Gasteiger partial charge in [-0.2, -0.15) is 0 Å². The van der Waals surface area contributed by atoms with Crippen LogP contribution < -0.4 is 5.32 Å². The molecule has 3 N–H and O–H groups in total.